The second-order valence-electron chi connectivity index (χ2n) is 3.97. The summed E-state index contributed by atoms with van der Waals surface area (Å²) in [4.78, 5) is 12.2. The standard InChI is InChI=1S/C14H8BrClFIO/c15-9-2-4-13(18)10(7-9)14(19)6-8-1-3-12(17)11(16)5-8/h1-5,7H,6H2. The van der Waals surface area contributed by atoms with Crippen molar-refractivity contribution in [3.63, 3.8) is 0 Å². The molecule has 0 aliphatic carbocycles. The molecule has 0 bridgehead atoms. The Kier molecular flexibility index (Phi) is 4.97. The van der Waals surface area contributed by atoms with Gasteiger partial charge in [-0.15, -0.1) is 0 Å². The Hall–Kier alpha value is -0.460. The number of carbonyl (C=O) groups is 1. The highest BCUT2D eigenvalue weighted by molar-refractivity contribution is 14.1. The van der Waals surface area contributed by atoms with Gasteiger partial charge in [0.15, 0.2) is 5.78 Å². The van der Waals surface area contributed by atoms with Gasteiger partial charge in [0.25, 0.3) is 0 Å². The molecule has 0 atom stereocenters. The molecule has 2 aromatic carbocycles. The predicted molar refractivity (Wildman–Crippen MR) is 86.3 cm³/mol. The van der Waals surface area contributed by atoms with Crippen molar-refractivity contribution in [2.24, 2.45) is 0 Å². The molecule has 0 aliphatic heterocycles. The van der Waals surface area contributed by atoms with Gasteiger partial charge < -0.3 is 0 Å². The van der Waals surface area contributed by atoms with Gasteiger partial charge in [-0.1, -0.05) is 33.6 Å². The van der Waals surface area contributed by atoms with E-state index in [1.54, 1.807) is 12.1 Å². The lowest BCUT2D eigenvalue weighted by Crippen LogP contribution is -2.06. The minimum atomic E-state index is -0.477. The van der Waals surface area contributed by atoms with E-state index in [0.29, 0.717) is 11.1 Å². The number of rotatable bonds is 3. The molecule has 0 aromatic heterocycles. The SMILES string of the molecule is O=C(Cc1ccc(F)c(Cl)c1)c1cc(Br)ccc1I. The normalized spacial score (nSPS) is 10.5. The molecular formula is C14H8BrClFIO. The number of halogens is 4. The van der Waals surface area contributed by atoms with E-state index in [9.17, 15) is 9.18 Å². The topological polar surface area (TPSA) is 17.1 Å². The van der Waals surface area contributed by atoms with Gasteiger partial charge in [0.1, 0.15) is 5.82 Å². The van der Waals surface area contributed by atoms with E-state index in [-0.39, 0.29) is 17.2 Å². The van der Waals surface area contributed by atoms with Gasteiger partial charge in [0.05, 0.1) is 5.02 Å². The molecule has 2 aromatic rings. The van der Waals surface area contributed by atoms with Crippen LogP contribution in [0.3, 0.4) is 0 Å². The van der Waals surface area contributed by atoms with E-state index >= 15 is 0 Å². The lowest BCUT2D eigenvalue weighted by molar-refractivity contribution is 0.0992. The van der Waals surface area contributed by atoms with Gasteiger partial charge in [-0.3, -0.25) is 4.79 Å². The molecular weight excluding hydrogens is 445 g/mol. The molecule has 2 rings (SSSR count). The molecule has 0 amide bonds. The molecule has 0 unspecified atom stereocenters. The van der Waals surface area contributed by atoms with Crippen LogP contribution in [0.5, 0.6) is 0 Å². The van der Waals surface area contributed by atoms with E-state index < -0.39 is 5.82 Å². The highest BCUT2D eigenvalue weighted by Gasteiger charge is 2.12. The lowest BCUT2D eigenvalue weighted by Gasteiger charge is -2.05. The monoisotopic (exact) mass is 452 g/mol. The Morgan fingerprint density at radius 3 is 2.68 bits per heavy atom. The van der Waals surface area contributed by atoms with E-state index in [2.05, 4.69) is 38.5 Å². The first kappa shape index (κ1) is 14.9. The van der Waals surface area contributed by atoms with Crippen LogP contribution in [0.15, 0.2) is 40.9 Å². The van der Waals surface area contributed by atoms with Gasteiger partial charge in [-0.25, -0.2) is 4.39 Å². The fourth-order valence-electron chi connectivity index (χ4n) is 1.64. The lowest BCUT2D eigenvalue weighted by atomic mass is 10.0. The van der Waals surface area contributed by atoms with Gasteiger partial charge >= 0.3 is 0 Å². The molecule has 0 aliphatic rings. The van der Waals surface area contributed by atoms with Gasteiger partial charge in [0.2, 0.25) is 0 Å². The maximum Gasteiger partial charge on any atom is 0.168 e. The maximum absolute atomic E-state index is 13.1. The third kappa shape index (κ3) is 3.77. The molecule has 0 fully saturated rings. The van der Waals surface area contributed by atoms with Crippen LogP contribution in [0.1, 0.15) is 15.9 Å². The molecule has 0 N–H and O–H groups in total. The molecule has 0 saturated carbocycles. The number of Topliss-reactive ketones (excluding diaryl/α,β-unsaturated/α-hetero) is 1. The fourth-order valence-corrected chi connectivity index (χ4v) is 2.84. The molecule has 5 heteroatoms. The van der Waals surface area contributed by atoms with Crippen LogP contribution in [0.2, 0.25) is 5.02 Å². The summed E-state index contributed by atoms with van der Waals surface area (Å²) in [6.07, 6.45) is 0.201. The summed E-state index contributed by atoms with van der Waals surface area (Å²) in [5, 5.41) is 0.0363. The Labute approximate surface area is 137 Å². The summed E-state index contributed by atoms with van der Waals surface area (Å²) in [6, 6.07) is 9.87. The van der Waals surface area contributed by atoms with E-state index in [0.717, 1.165) is 8.04 Å². The highest BCUT2D eigenvalue weighted by Crippen LogP contribution is 2.22. The smallest absolute Gasteiger partial charge is 0.168 e. The highest BCUT2D eigenvalue weighted by atomic mass is 127. The van der Waals surface area contributed by atoms with Crippen LogP contribution >= 0.6 is 50.1 Å². The Morgan fingerprint density at radius 1 is 1.26 bits per heavy atom. The van der Waals surface area contributed by atoms with Gasteiger partial charge in [0, 0.05) is 20.0 Å². The summed E-state index contributed by atoms with van der Waals surface area (Å²) in [5.41, 5.74) is 1.35. The minimum absolute atomic E-state index is 0.0200. The third-order valence-electron chi connectivity index (χ3n) is 2.58. The van der Waals surface area contributed by atoms with Crippen molar-refractivity contribution in [2.45, 2.75) is 6.42 Å². The van der Waals surface area contributed by atoms with Crippen LogP contribution in [-0.4, -0.2) is 5.78 Å². The van der Waals surface area contributed by atoms with Crippen LogP contribution < -0.4 is 0 Å². The summed E-state index contributed by atoms with van der Waals surface area (Å²) >= 11 is 11.2. The second kappa shape index (κ2) is 6.33. The van der Waals surface area contributed by atoms with E-state index in [1.807, 2.05) is 12.1 Å². The van der Waals surface area contributed by atoms with Crippen LogP contribution in [-0.2, 0) is 6.42 Å². The maximum atomic E-state index is 13.1. The van der Waals surface area contributed by atoms with Gasteiger partial charge in [-0.2, -0.15) is 0 Å². The zero-order chi connectivity index (χ0) is 14.0. The van der Waals surface area contributed by atoms with Crippen LogP contribution in [0.25, 0.3) is 0 Å². The van der Waals surface area contributed by atoms with Crippen molar-refractivity contribution >= 4 is 55.9 Å². The largest absolute Gasteiger partial charge is 0.294 e. The summed E-state index contributed by atoms with van der Waals surface area (Å²) in [5.74, 6) is -0.497. The average Bonchev–Trinajstić information content (AvgIpc) is 2.36. The Morgan fingerprint density at radius 2 is 2.00 bits per heavy atom. The molecule has 19 heavy (non-hydrogen) atoms. The number of ketones is 1. The van der Waals surface area contributed by atoms with Crippen molar-refractivity contribution in [1.82, 2.24) is 0 Å². The number of hydrogen-bond acceptors (Lipinski definition) is 1. The average molecular weight is 453 g/mol. The van der Waals surface area contributed by atoms with Crippen molar-refractivity contribution in [1.29, 1.82) is 0 Å². The third-order valence-corrected chi connectivity index (χ3v) is 4.30. The fraction of sp³-hybridized carbons (Fsp3) is 0.0714. The first-order chi connectivity index (χ1) is 8.97. The summed E-state index contributed by atoms with van der Waals surface area (Å²) < 4.78 is 14.8. The molecule has 98 valence electrons. The molecule has 0 saturated heterocycles. The van der Waals surface area contributed by atoms with Crippen molar-refractivity contribution in [3.05, 3.63) is 66.4 Å². The molecule has 0 spiro atoms. The van der Waals surface area contributed by atoms with E-state index in [1.165, 1.54) is 12.1 Å². The molecule has 0 radical (unpaired) electrons. The minimum Gasteiger partial charge on any atom is -0.294 e. The number of hydrogen-bond donors (Lipinski definition) is 0. The zero-order valence-corrected chi connectivity index (χ0v) is 14.1. The first-order valence-corrected chi connectivity index (χ1v) is 7.64. The number of benzene rings is 2. The molecule has 0 heterocycles. The van der Waals surface area contributed by atoms with Crippen molar-refractivity contribution in [2.75, 3.05) is 0 Å². The zero-order valence-electron chi connectivity index (χ0n) is 9.59. The Balaban J connectivity index is 2.25. The quantitative estimate of drug-likeness (QED) is 0.457. The van der Waals surface area contributed by atoms with Crippen molar-refractivity contribution < 1.29 is 9.18 Å². The second-order valence-corrected chi connectivity index (χ2v) is 6.46. The van der Waals surface area contributed by atoms with E-state index in [4.69, 9.17) is 11.6 Å². The van der Waals surface area contributed by atoms with Crippen molar-refractivity contribution in [3.8, 4) is 0 Å². The van der Waals surface area contributed by atoms with Crippen LogP contribution in [0, 0.1) is 9.39 Å². The first-order valence-electron chi connectivity index (χ1n) is 5.39. The summed E-state index contributed by atoms with van der Waals surface area (Å²) in [7, 11) is 0. The predicted octanol–water partition coefficient (Wildman–Crippen LogP) is 5.27. The number of carbonyl (C=O) groups excluding carboxylic acids is 1. The van der Waals surface area contributed by atoms with Gasteiger partial charge in [-0.05, 0) is 58.5 Å². The van der Waals surface area contributed by atoms with Crippen LogP contribution in [0.4, 0.5) is 4.39 Å². The summed E-state index contributed by atoms with van der Waals surface area (Å²) in [6.45, 7) is 0. The Bertz CT molecular complexity index is 645. The molecule has 1 nitrogen and oxygen atoms in total.